The van der Waals surface area contributed by atoms with E-state index in [1.807, 2.05) is 36.0 Å². The van der Waals surface area contributed by atoms with Crippen LogP contribution in [0.25, 0.3) is 0 Å². The molecule has 0 aliphatic carbocycles. The van der Waals surface area contributed by atoms with Crippen molar-refractivity contribution in [1.29, 1.82) is 0 Å². The molecule has 2 heterocycles. The van der Waals surface area contributed by atoms with Gasteiger partial charge in [0.15, 0.2) is 0 Å². The van der Waals surface area contributed by atoms with Crippen LogP contribution in [0.1, 0.15) is 23.8 Å². The van der Waals surface area contributed by atoms with Crippen molar-refractivity contribution < 1.29 is 9.53 Å². The second kappa shape index (κ2) is 8.27. The Hall–Kier alpha value is -2.18. The number of hydrogen-bond donors (Lipinski definition) is 2. The van der Waals surface area contributed by atoms with E-state index in [0.29, 0.717) is 12.3 Å². The van der Waals surface area contributed by atoms with Gasteiger partial charge in [0, 0.05) is 39.4 Å². The quantitative estimate of drug-likeness (QED) is 0.799. The average Bonchev–Trinajstić information content (AvgIpc) is 3.27. The molecule has 3 rings (SSSR count). The Morgan fingerprint density at radius 2 is 2.16 bits per heavy atom. The number of ether oxygens (including phenoxy) is 1. The van der Waals surface area contributed by atoms with Crippen molar-refractivity contribution in [3.05, 3.63) is 53.9 Å². The highest BCUT2D eigenvalue weighted by Gasteiger charge is 2.32. The van der Waals surface area contributed by atoms with Crippen LogP contribution in [0.2, 0.25) is 0 Å². The lowest BCUT2D eigenvalue weighted by Crippen LogP contribution is -2.46. The number of rotatable bonds is 7. The fourth-order valence-corrected chi connectivity index (χ4v) is 3.41. The number of amides is 1. The summed E-state index contributed by atoms with van der Waals surface area (Å²) in [7, 11) is 3.61. The Labute approximate surface area is 148 Å². The molecule has 0 unspecified atom stereocenters. The van der Waals surface area contributed by atoms with Gasteiger partial charge >= 0.3 is 0 Å². The van der Waals surface area contributed by atoms with Gasteiger partial charge in [-0.05, 0) is 24.5 Å². The maximum atomic E-state index is 12.3. The first-order valence-corrected chi connectivity index (χ1v) is 8.77. The summed E-state index contributed by atoms with van der Waals surface area (Å²) in [6, 6.07) is 11.8. The first kappa shape index (κ1) is 17.6. The third-order valence-corrected chi connectivity index (χ3v) is 4.84. The molecule has 3 atom stereocenters. The van der Waals surface area contributed by atoms with E-state index in [0.717, 1.165) is 30.8 Å². The van der Waals surface area contributed by atoms with E-state index in [2.05, 4.69) is 27.9 Å². The number of aryl methyl sites for hydroxylation is 1. The Balaban J connectivity index is 1.64. The van der Waals surface area contributed by atoms with Crippen molar-refractivity contribution in [2.45, 2.75) is 25.0 Å². The minimum Gasteiger partial charge on any atom is -0.372 e. The maximum absolute atomic E-state index is 12.3. The van der Waals surface area contributed by atoms with Crippen LogP contribution in [-0.4, -0.2) is 41.9 Å². The molecule has 1 aromatic carbocycles. The summed E-state index contributed by atoms with van der Waals surface area (Å²) in [6.07, 6.45) is 3.48. The molecule has 0 spiro atoms. The molecule has 6 heteroatoms. The van der Waals surface area contributed by atoms with Crippen LogP contribution >= 0.6 is 0 Å². The molecule has 1 aromatic heterocycles. The van der Waals surface area contributed by atoms with Crippen molar-refractivity contribution >= 4 is 5.91 Å². The minimum absolute atomic E-state index is 0.0138. The van der Waals surface area contributed by atoms with Gasteiger partial charge < -0.3 is 15.4 Å². The Morgan fingerprint density at radius 3 is 2.84 bits per heavy atom. The molecule has 25 heavy (non-hydrogen) atoms. The normalized spacial score (nSPS) is 21.2. The van der Waals surface area contributed by atoms with E-state index in [1.54, 1.807) is 13.2 Å². The van der Waals surface area contributed by atoms with Gasteiger partial charge in [-0.2, -0.15) is 5.10 Å². The van der Waals surface area contributed by atoms with E-state index < -0.39 is 0 Å². The minimum atomic E-state index is -0.250. The fourth-order valence-electron chi connectivity index (χ4n) is 3.41. The number of benzene rings is 1. The number of carbonyl (C=O) groups is 1. The number of carbonyl (C=O) groups excluding carboxylic acids is 1. The van der Waals surface area contributed by atoms with E-state index in [-0.39, 0.29) is 18.1 Å². The summed E-state index contributed by atoms with van der Waals surface area (Å²) >= 11 is 0. The number of aromatic nitrogens is 2. The molecular weight excluding hydrogens is 316 g/mol. The lowest BCUT2D eigenvalue weighted by atomic mass is 9.97. The van der Waals surface area contributed by atoms with Gasteiger partial charge in [0.25, 0.3) is 0 Å². The van der Waals surface area contributed by atoms with Crippen LogP contribution in [0.3, 0.4) is 0 Å². The standard InChI is InChI=1S/C19H26N4O2/c1-20-19(24)16(12-14-6-4-3-5-7-14)21-13-15-9-11-25-18(15)17-8-10-22-23(17)2/h3-8,10,15-16,18,21H,9,11-13H2,1-2H3,(H,20,24)/t15-,16-,18+/m0/s1. The predicted molar refractivity (Wildman–Crippen MR) is 96.0 cm³/mol. The molecule has 1 amide bonds. The summed E-state index contributed by atoms with van der Waals surface area (Å²) in [5, 5.41) is 10.5. The number of likely N-dealkylation sites (N-methyl/N-ethyl adjacent to an activating group) is 1. The predicted octanol–water partition coefficient (Wildman–Crippen LogP) is 1.44. The second-order valence-corrected chi connectivity index (χ2v) is 6.48. The first-order valence-electron chi connectivity index (χ1n) is 8.77. The molecule has 1 aliphatic rings. The summed E-state index contributed by atoms with van der Waals surface area (Å²) in [6.45, 7) is 1.48. The zero-order valence-electron chi connectivity index (χ0n) is 14.8. The van der Waals surface area contributed by atoms with Crippen LogP contribution in [0.5, 0.6) is 0 Å². The van der Waals surface area contributed by atoms with Crippen LogP contribution in [-0.2, 0) is 23.0 Å². The molecule has 0 bridgehead atoms. The molecule has 2 aromatic rings. The Morgan fingerprint density at radius 1 is 1.36 bits per heavy atom. The zero-order chi connectivity index (χ0) is 17.6. The monoisotopic (exact) mass is 342 g/mol. The van der Waals surface area contributed by atoms with Gasteiger partial charge in [-0.25, -0.2) is 0 Å². The van der Waals surface area contributed by atoms with E-state index in [4.69, 9.17) is 4.74 Å². The third-order valence-electron chi connectivity index (χ3n) is 4.84. The Bertz CT molecular complexity index is 686. The zero-order valence-corrected chi connectivity index (χ0v) is 14.8. The van der Waals surface area contributed by atoms with E-state index in [1.165, 1.54) is 0 Å². The van der Waals surface area contributed by atoms with Gasteiger partial charge in [-0.1, -0.05) is 30.3 Å². The van der Waals surface area contributed by atoms with Crippen molar-refractivity contribution in [1.82, 2.24) is 20.4 Å². The molecule has 1 fully saturated rings. The number of hydrogen-bond acceptors (Lipinski definition) is 4. The molecule has 0 radical (unpaired) electrons. The molecule has 1 saturated heterocycles. The van der Waals surface area contributed by atoms with Crippen molar-refractivity contribution in [3.63, 3.8) is 0 Å². The van der Waals surface area contributed by atoms with E-state index in [9.17, 15) is 4.79 Å². The lowest BCUT2D eigenvalue weighted by molar-refractivity contribution is -0.122. The van der Waals surface area contributed by atoms with Crippen LogP contribution < -0.4 is 10.6 Å². The fraction of sp³-hybridized carbons (Fsp3) is 0.474. The average molecular weight is 342 g/mol. The summed E-state index contributed by atoms with van der Waals surface area (Å²) in [4.78, 5) is 12.3. The van der Waals surface area contributed by atoms with Gasteiger partial charge in [-0.15, -0.1) is 0 Å². The van der Waals surface area contributed by atoms with Gasteiger partial charge in [0.1, 0.15) is 6.10 Å². The van der Waals surface area contributed by atoms with Crippen LogP contribution in [0, 0.1) is 5.92 Å². The van der Waals surface area contributed by atoms with E-state index >= 15 is 0 Å². The number of nitrogens with zero attached hydrogens (tertiary/aromatic N) is 2. The van der Waals surface area contributed by atoms with Gasteiger partial charge in [0.05, 0.1) is 11.7 Å². The second-order valence-electron chi connectivity index (χ2n) is 6.48. The molecule has 6 nitrogen and oxygen atoms in total. The van der Waals surface area contributed by atoms with Gasteiger partial charge in [-0.3, -0.25) is 9.48 Å². The molecule has 134 valence electrons. The summed E-state index contributed by atoms with van der Waals surface area (Å²) < 4.78 is 7.79. The topological polar surface area (TPSA) is 68.2 Å². The van der Waals surface area contributed by atoms with Crippen molar-refractivity contribution in [2.75, 3.05) is 20.2 Å². The van der Waals surface area contributed by atoms with Crippen LogP contribution in [0.4, 0.5) is 0 Å². The highest BCUT2D eigenvalue weighted by Crippen LogP contribution is 2.33. The summed E-state index contributed by atoms with van der Waals surface area (Å²) in [5.74, 6) is 0.346. The van der Waals surface area contributed by atoms with Crippen molar-refractivity contribution in [2.24, 2.45) is 13.0 Å². The highest BCUT2D eigenvalue weighted by atomic mass is 16.5. The smallest absolute Gasteiger partial charge is 0.237 e. The third kappa shape index (κ3) is 4.27. The molecular formula is C19H26N4O2. The molecule has 1 aliphatic heterocycles. The maximum Gasteiger partial charge on any atom is 0.237 e. The van der Waals surface area contributed by atoms with Gasteiger partial charge in [0.2, 0.25) is 5.91 Å². The highest BCUT2D eigenvalue weighted by molar-refractivity contribution is 5.81. The SMILES string of the molecule is CNC(=O)[C@H](Cc1ccccc1)NC[C@@H]1CCO[C@H]1c1ccnn1C. The molecule has 0 saturated carbocycles. The van der Waals surface area contributed by atoms with Crippen molar-refractivity contribution in [3.8, 4) is 0 Å². The largest absolute Gasteiger partial charge is 0.372 e. The lowest BCUT2D eigenvalue weighted by Gasteiger charge is -2.23. The Kier molecular flexibility index (Phi) is 5.83. The summed E-state index contributed by atoms with van der Waals surface area (Å²) in [5.41, 5.74) is 2.23. The number of nitrogens with one attached hydrogen (secondary N) is 2. The van der Waals surface area contributed by atoms with Crippen LogP contribution in [0.15, 0.2) is 42.6 Å². The first-order chi connectivity index (χ1) is 12.2. The molecule has 2 N–H and O–H groups in total.